The van der Waals surface area contributed by atoms with E-state index >= 15 is 0 Å². The average molecular weight is 360 g/mol. The predicted octanol–water partition coefficient (Wildman–Crippen LogP) is 3.33. The van der Waals surface area contributed by atoms with E-state index in [9.17, 15) is 9.59 Å². The summed E-state index contributed by atoms with van der Waals surface area (Å²) in [5, 5.41) is 0. The van der Waals surface area contributed by atoms with Gasteiger partial charge in [0.05, 0.1) is 5.92 Å². The summed E-state index contributed by atoms with van der Waals surface area (Å²) < 4.78 is 0. The van der Waals surface area contributed by atoms with Crippen LogP contribution < -0.4 is 10.9 Å². The minimum absolute atomic E-state index is 0.0197. The molecule has 3 aliphatic carbocycles. The molecular weight excluding hydrogens is 336 g/mol. The van der Waals surface area contributed by atoms with Crippen molar-refractivity contribution in [2.24, 2.45) is 17.3 Å². The van der Waals surface area contributed by atoms with Crippen LogP contribution in [0.3, 0.4) is 0 Å². The fraction of sp³-hybridized carbons (Fsp3) is 0.391. The number of hydrazine groups is 1. The van der Waals surface area contributed by atoms with Gasteiger partial charge in [0.25, 0.3) is 0 Å². The molecule has 138 valence electrons. The van der Waals surface area contributed by atoms with Gasteiger partial charge in [-0.3, -0.25) is 20.4 Å². The third kappa shape index (κ3) is 2.58. The molecule has 2 atom stereocenters. The molecule has 0 bridgehead atoms. The Morgan fingerprint density at radius 1 is 0.741 bits per heavy atom. The zero-order chi connectivity index (χ0) is 18.5. The summed E-state index contributed by atoms with van der Waals surface area (Å²) in [6.45, 7) is 0. The minimum atomic E-state index is -0.299. The van der Waals surface area contributed by atoms with E-state index in [2.05, 4.69) is 35.1 Å². The largest absolute Gasteiger partial charge is 0.273 e. The van der Waals surface area contributed by atoms with Crippen molar-refractivity contribution < 1.29 is 9.59 Å². The minimum Gasteiger partial charge on any atom is -0.273 e. The molecule has 4 nitrogen and oxygen atoms in total. The van der Waals surface area contributed by atoms with Crippen LogP contribution in [0.15, 0.2) is 60.7 Å². The highest BCUT2D eigenvalue weighted by molar-refractivity contribution is 5.89. The number of amides is 2. The molecule has 3 fully saturated rings. The molecule has 1 spiro atoms. The number of carbonyl (C=O) groups excluding carboxylic acids is 2. The molecule has 2 aromatic carbocycles. The van der Waals surface area contributed by atoms with E-state index < -0.39 is 0 Å². The Morgan fingerprint density at radius 2 is 1.26 bits per heavy atom. The van der Waals surface area contributed by atoms with Crippen LogP contribution in [0.1, 0.15) is 43.2 Å². The highest BCUT2D eigenvalue weighted by Gasteiger charge is 2.62. The van der Waals surface area contributed by atoms with Crippen molar-refractivity contribution in [2.75, 3.05) is 0 Å². The summed E-state index contributed by atoms with van der Waals surface area (Å²) in [5.74, 6) is -0.189. The molecule has 0 heterocycles. The Kier molecular flexibility index (Phi) is 3.64. The number of rotatable bonds is 4. The third-order valence-corrected chi connectivity index (χ3v) is 7.02. The smallest absolute Gasteiger partial charge is 0.242 e. The van der Waals surface area contributed by atoms with Crippen molar-refractivity contribution in [3.05, 3.63) is 71.8 Å². The lowest BCUT2D eigenvalue weighted by atomic mass is 9.80. The number of hydrogen-bond acceptors (Lipinski definition) is 2. The van der Waals surface area contributed by atoms with Crippen LogP contribution in [0, 0.1) is 17.3 Å². The topological polar surface area (TPSA) is 58.2 Å². The lowest BCUT2D eigenvalue weighted by molar-refractivity contribution is -0.131. The summed E-state index contributed by atoms with van der Waals surface area (Å²) in [5.41, 5.74) is 7.67. The molecule has 3 saturated carbocycles. The SMILES string of the molecule is O=C(NNC(=O)C1CC1(c1ccccc1)c1ccccc1)C1CC12CCC2. The van der Waals surface area contributed by atoms with Gasteiger partial charge in [-0.05, 0) is 42.2 Å². The van der Waals surface area contributed by atoms with Crippen LogP contribution in [0.5, 0.6) is 0 Å². The number of nitrogens with one attached hydrogen (secondary N) is 2. The van der Waals surface area contributed by atoms with Gasteiger partial charge in [0, 0.05) is 11.3 Å². The highest BCUT2D eigenvalue weighted by Crippen LogP contribution is 2.65. The van der Waals surface area contributed by atoms with E-state index in [-0.39, 0.29) is 34.5 Å². The monoisotopic (exact) mass is 360 g/mol. The molecule has 0 aliphatic heterocycles. The van der Waals surface area contributed by atoms with Gasteiger partial charge in [-0.2, -0.15) is 0 Å². The van der Waals surface area contributed by atoms with E-state index in [1.807, 2.05) is 36.4 Å². The normalized spacial score (nSPS) is 25.9. The third-order valence-electron chi connectivity index (χ3n) is 7.02. The van der Waals surface area contributed by atoms with Crippen molar-refractivity contribution in [3.63, 3.8) is 0 Å². The van der Waals surface area contributed by atoms with E-state index in [1.165, 1.54) is 6.42 Å². The average Bonchev–Trinajstić information content (AvgIpc) is 3.59. The number of benzene rings is 2. The lowest BCUT2D eigenvalue weighted by Gasteiger charge is -2.26. The van der Waals surface area contributed by atoms with Gasteiger partial charge in [0.2, 0.25) is 11.8 Å². The highest BCUT2D eigenvalue weighted by atomic mass is 16.2. The van der Waals surface area contributed by atoms with Crippen LogP contribution in [0.25, 0.3) is 0 Å². The fourth-order valence-electron chi connectivity index (χ4n) is 5.05. The summed E-state index contributed by atoms with van der Waals surface area (Å²) >= 11 is 0. The standard InChI is InChI=1S/C23H24N2O2/c26-20(18-14-22(18)12-7-13-22)24-25-21(27)19-15-23(19,16-8-3-1-4-9-16)17-10-5-2-6-11-17/h1-6,8-11,18-19H,7,12-15H2,(H,24,26)(H,25,27). The molecule has 27 heavy (non-hydrogen) atoms. The Labute approximate surface area is 159 Å². The van der Waals surface area contributed by atoms with Gasteiger partial charge >= 0.3 is 0 Å². The Morgan fingerprint density at radius 3 is 1.70 bits per heavy atom. The van der Waals surface area contributed by atoms with Gasteiger partial charge in [0.1, 0.15) is 0 Å². The molecule has 2 unspecified atom stereocenters. The van der Waals surface area contributed by atoms with Crippen molar-refractivity contribution in [1.29, 1.82) is 0 Å². The zero-order valence-electron chi connectivity index (χ0n) is 15.3. The quantitative estimate of drug-likeness (QED) is 0.822. The first-order chi connectivity index (χ1) is 13.2. The lowest BCUT2D eigenvalue weighted by Crippen LogP contribution is -2.45. The van der Waals surface area contributed by atoms with Crippen molar-refractivity contribution in [3.8, 4) is 0 Å². The maximum atomic E-state index is 12.8. The van der Waals surface area contributed by atoms with Gasteiger partial charge in [-0.25, -0.2) is 0 Å². The number of carbonyl (C=O) groups is 2. The second kappa shape index (κ2) is 5.95. The molecule has 2 N–H and O–H groups in total. The van der Waals surface area contributed by atoms with Crippen molar-refractivity contribution in [2.45, 2.75) is 37.5 Å². The van der Waals surface area contributed by atoms with Crippen LogP contribution in [0.4, 0.5) is 0 Å². The van der Waals surface area contributed by atoms with Gasteiger partial charge in [-0.15, -0.1) is 0 Å². The second-order valence-corrected chi connectivity index (χ2v) is 8.41. The van der Waals surface area contributed by atoms with E-state index in [0.29, 0.717) is 0 Å². The summed E-state index contributed by atoms with van der Waals surface area (Å²) in [6.07, 6.45) is 5.29. The zero-order valence-corrected chi connectivity index (χ0v) is 15.3. The van der Waals surface area contributed by atoms with E-state index in [1.54, 1.807) is 0 Å². The molecule has 0 saturated heterocycles. The molecule has 0 radical (unpaired) electrons. The maximum Gasteiger partial charge on any atom is 0.242 e. The molecule has 2 aromatic rings. The van der Waals surface area contributed by atoms with Crippen molar-refractivity contribution in [1.82, 2.24) is 10.9 Å². The maximum absolute atomic E-state index is 12.8. The Balaban J connectivity index is 1.30. The first kappa shape index (κ1) is 16.5. The fourth-order valence-corrected chi connectivity index (χ4v) is 5.05. The molecular formula is C23H24N2O2. The van der Waals surface area contributed by atoms with Crippen LogP contribution in [-0.2, 0) is 15.0 Å². The molecule has 2 amide bonds. The molecule has 4 heteroatoms. The van der Waals surface area contributed by atoms with E-state index in [4.69, 9.17) is 0 Å². The van der Waals surface area contributed by atoms with E-state index in [0.717, 1.165) is 36.8 Å². The Hall–Kier alpha value is -2.62. The summed E-state index contributed by atoms with van der Waals surface area (Å²) in [7, 11) is 0. The molecule has 5 rings (SSSR count). The first-order valence-corrected chi connectivity index (χ1v) is 9.87. The van der Waals surface area contributed by atoms with Crippen molar-refractivity contribution >= 4 is 11.8 Å². The van der Waals surface area contributed by atoms with Gasteiger partial charge in [0.15, 0.2) is 0 Å². The summed E-state index contributed by atoms with van der Waals surface area (Å²) in [6, 6.07) is 20.4. The van der Waals surface area contributed by atoms with Crippen LogP contribution >= 0.6 is 0 Å². The molecule has 3 aliphatic rings. The molecule has 0 aromatic heterocycles. The van der Waals surface area contributed by atoms with Gasteiger partial charge in [-0.1, -0.05) is 67.1 Å². The second-order valence-electron chi connectivity index (χ2n) is 8.41. The van der Waals surface area contributed by atoms with Gasteiger partial charge < -0.3 is 0 Å². The predicted molar refractivity (Wildman–Crippen MR) is 102 cm³/mol. The Bertz CT molecular complexity index is 834. The first-order valence-electron chi connectivity index (χ1n) is 9.87. The van der Waals surface area contributed by atoms with Crippen LogP contribution in [-0.4, -0.2) is 11.8 Å². The summed E-state index contributed by atoms with van der Waals surface area (Å²) in [4.78, 5) is 25.2. The number of hydrogen-bond donors (Lipinski definition) is 2. The van der Waals surface area contributed by atoms with Crippen LogP contribution in [0.2, 0.25) is 0 Å².